The molecule has 2 aromatic rings. The largest absolute Gasteiger partial charge is 0.460 e. The van der Waals surface area contributed by atoms with Crippen molar-refractivity contribution in [2.75, 3.05) is 0 Å². The van der Waals surface area contributed by atoms with E-state index in [-0.39, 0.29) is 24.3 Å². The van der Waals surface area contributed by atoms with Crippen LogP contribution in [0.25, 0.3) is 0 Å². The van der Waals surface area contributed by atoms with Gasteiger partial charge in [0.05, 0.1) is 12.5 Å². The van der Waals surface area contributed by atoms with Crippen LogP contribution >= 0.6 is 0 Å². The van der Waals surface area contributed by atoms with Crippen LogP contribution in [-0.4, -0.2) is 70.4 Å². The van der Waals surface area contributed by atoms with Crippen molar-refractivity contribution >= 4 is 29.7 Å². The summed E-state index contributed by atoms with van der Waals surface area (Å²) in [4.78, 5) is 68.0. The number of rotatable bonds is 11. The second kappa shape index (κ2) is 15.6. The molecule has 2 saturated heterocycles. The van der Waals surface area contributed by atoms with Gasteiger partial charge < -0.3 is 30.7 Å². The average Bonchev–Trinajstić information content (AvgIpc) is 3.38. The molecule has 5 atom stereocenters. The number of carbonyl (C=O) groups excluding carboxylic acids is 5. The molecule has 0 unspecified atom stereocenters. The van der Waals surface area contributed by atoms with Crippen molar-refractivity contribution in [3.05, 3.63) is 71.8 Å². The minimum Gasteiger partial charge on any atom is -0.460 e. The fourth-order valence-electron chi connectivity index (χ4n) is 6.22. The zero-order valence-corrected chi connectivity index (χ0v) is 27.9. The highest BCUT2D eigenvalue weighted by Gasteiger charge is 2.46. The van der Waals surface area contributed by atoms with Crippen LogP contribution in [0.4, 0.5) is 0 Å². The molecule has 3 amide bonds. The van der Waals surface area contributed by atoms with Gasteiger partial charge in [0.25, 0.3) is 0 Å². The van der Waals surface area contributed by atoms with Gasteiger partial charge in [0.1, 0.15) is 23.7 Å². The number of amides is 3. The average molecular weight is 649 g/mol. The third-order valence-electron chi connectivity index (χ3n) is 8.50. The maximum Gasteiger partial charge on any atom is 0.329 e. The van der Waals surface area contributed by atoms with Gasteiger partial charge in [-0.05, 0) is 69.9 Å². The van der Waals surface area contributed by atoms with Crippen molar-refractivity contribution in [1.82, 2.24) is 15.5 Å². The van der Waals surface area contributed by atoms with Crippen molar-refractivity contribution in [1.29, 1.82) is 0 Å². The quantitative estimate of drug-likeness (QED) is 0.313. The first-order chi connectivity index (χ1) is 22.2. The Labute approximate surface area is 276 Å². The molecular formula is C36H48N4O7. The number of ether oxygens (including phenoxy) is 2. The third kappa shape index (κ3) is 9.41. The van der Waals surface area contributed by atoms with Gasteiger partial charge in [0, 0.05) is 6.04 Å². The van der Waals surface area contributed by atoms with E-state index in [4.69, 9.17) is 15.2 Å². The Kier molecular flexibility index (Phi) is 11.8. The summed E-state index contributed by atoms with van der Waals surface area (Å²) in [5, 5.41) is 5.49. The Balaban J connectivity index is 1.44. The predicted molar refractivity (Wildman–Crippen MR) is 175 cm³/mol. The fourth-order valence-corrected chi connectivity index (χ4v) is 6.22. The summed E-state index contributed by atoms with van der Waals surface area (Å²) < 4.78 is 11.4. The van der Waals surface area contributed by atoms with E-state index in [1.54, 1.807) is 39.5 Å². The van der Waals surface area contributed by atoms with E-state index in [0.29, 0.717) is 32.1 Å². The van der Waals surface area contributed by atoms with Crippen molar-refractivity contribution in [2.24, 2.45) is 11.7 Å². The van der Waals surface area contributed by atoms with Gasteiger partial charge in [-0.1, -0.05) is 74.5 Å². The lowest BCUT2D eigenvalue weighted by atomic mass is 10.0. The van der Waals surface area contributed by atoms with E-state index in [0.717, 1.165) is 11.1 Å². The number of hydrogen-bond acceptors (Lipinski definition) is 8. The van der Waals surface area contributed by atoms with Gasteiger partial charge in [0.2, 0.25) is 17.7 Å². The topological polar surface area (TPSA) is 157 Å². The van der Waals surface area contributed by atoms with E-state index in [2.05, 4.69) is 10.6 Å². The first-order valence-electron chi connectivity index (χ1n) is 16.5. The highest BCUT2D eigenvalue weighted by molar-refractivity contribution is 5.95. The van der Waals surface area contributed by atoms with Gasteiger partial charge in [-0.15, -0.1) is 0 Å². The minimum atomic E-state index is -1.22. The normalized spacial score (nSPS) is 21.0. The zero-order chi connectivity index (χ0) is 34.3. The molecule has 2 fully saturated rings. The molecule has 2 aliphatic heterocycles. The van der Waals surface area contributed by atoms with E-state index < -0.39 is 59.6 Å². The van der Waals surface area contributed by atoms with Crippen molar-refractivity contribution in [3.8, 4) is 0 Å². The molecule has 2 aromatic carbocycles. The smallest absolute Gasteiger partial charge is 0.329 e. The van der Waals surface area contributed by atoms with E-state index in [1.807, 2.05) is 60.7 Å². The number of nitrogens with one attached hydrogen (secondary N) is 2. The third-order valence-corrected chi connectivity index (χ3v) is 8.50. The summed E-state index contributed by atoms with van der Waals surface area (Å²) in [7, 11) is 0. The number of fused-ring (bicyclic) bond motifs is 1. The number of esters is 2. The summed E-state index contributed by atoms with van der Waals surface area (Å²) in [5.41, 5.74) is 6.89. The molecule has 11 heteroatoms. The van der Waals surface area contributed by atoms with E-state index >= 15 is 0 Å². The Morgan fingerprint density at radius 2 is 1.49 bits per heavy atom. The summed E-state index contributed by atoms with van der Waals surface area (Å²) >= 11 is 0. The first-order valence-corrected chi connectivity index (χ1v) is 16.5. The molecule has 11 nitrogen and oxygen atoms in total. The highest BCUT2D eigenvalue weighted by Crippen LogP contribution is 2.34. The van der Waals surface area contributed by atoms with Crippen LogP contribution in [0.5, 0.6) is 0 Å². The summed E-state index contributed by atoms with van der Waals surface area (Å²) in [6.07, 6.45) is 1.91. The number of nitrogens with zero attached hydrogens (tertiary/aromatic N) is 1. The Morgan fingerprint density at radius 3 is 2.04 bits per heavy atom. The van der Waals surface area contributed by atoms with Crippen molar-refractivity contribution in [2.45, 2.75) is 115 Å². The number of hydrogen-bond donors (Lipinski definition) is 3. The molecule has 254 valence electrons. The van der Waals surface area contributed by atoms with Crippen LogP contribution in [-0.2, 0) is 33.4 Å². The Bertz CT molecular complexity index is 1370. The first kappa shape index (κ1) is 35.6. The van der Waals surface area contributed by atoms with Crippen LogP contribution in [0.3, 0.4) is 0 Å². The second-order valence-electron chi connectivity index (χ2n) is 13.8. The van der Waals surface area contributed by atoms with Gasteiger partial charge >= 0.3 is 11.9 Å². The molecule has 2 aliphatic rings. The molecule has 0 aliphatic carbocycles. The molecule has 0 radical (unpaired) electrons. The lowest BCUT2D eigenvalue weighted by molar-refractivity contribution is -0.158. The number of carbonyl (C=O) groups is 5. The minimum absolute atomic E-state index is 0.139. The highest BCUT2D eigenvalue weighted by atomic mass is 16.6. The SMILES string of the molecule is CC(C)[C@H](NC(=O)[C@@H](N)CC(=O)OC(C)(C)C)C(=O)N[C@H]1CCC[C@H]2CC[C@@H](C(=O)OC(c3ccccc3)c3ccccc3)N2C1=O. The molecule has 0 saturated carbocycles. The van der Waals surface area contributed by atoms with Crippen LogP contribution in [0.1, 0.15) is 90.4 Å². The second-order valence-corrected chi connectivity index (χ2v) is 13.8. The molecule has 0 bridgehead atoms. The summed E-state index contributed by atoms with van der Waals surface area (Å²) in [6, 6.07) is 14.9. The predicted octanol–water partition coefficient (Wildman–Crippen LogP) is 3.55. The van der Waals surface area contributed by atoms with Gasteiger partial charge in [0.15, 0.2) is 6.10 Å². The molecule has 47 heavy (non-hydrogen) atoms. The molecular weight excluding hydrogens is 600 g/mol. The Hall–Kier alpha value is -4.25. The monoisotopic (exact) mass is 648 g/mol. The van der Waals surface area contributed by atoms with Gasteiger partial charge in [-0.3, -0.25) is 19.2 Å². The molecule has 4 rings (SSSR count). The molecule has 4 N–H and O–H groups in total. The maximum atomic E-state index is 14.0. The summed E-state index contributed by atoms with van der Waals surface area (Å²) in [5.74, 6) is -3.01. The van der Waals surface area contributed by atoms with Gasteiger partial charge in [-0.2, -0.15) is 0 Å². The molecule has 2 heterocycles. The zero-order valence-electron chi connectivity index (χ0n) is 27.9. The van der Waals surface area contributed by atoms with Crippen LogP contribution in [0.2, 0.25) is 0 Å². The number of benzene rings is 2. The lowest BCUT2D eigenvalue weighted by Crippen LogP contribution is -2.58. The van der Waals surface area contributed by atoms with Crippen molar-refractivity contribution < 1.29 is 33.4 Å². The standard InChI is InChI=1S/C36H48N4O7/c1-22(2)30(39-32(42)26(37)21-29(41)47-36(3,4)5)33(43)38-27-18-12-17-25-19-20-28(40(25)34(27)44)35(45)46-31(23-13-8-6-9-14-23)24-15-10-7-11-16-24/h6-11,13-16,22,25-28,30-31H,12,17-21,37H2,1-5H3,(H,38,43)(H,39,42)/t25-,26-,27-,28-,30-/m0/s1. The van der Waals surface area contributed by atoms with E-state index in [9.17, 15) is 24.0 Å². The maximum absolute atomic E-state index is 14.0. The van der Waals surface area contributed by atoms with Crippen LogP contribution in [0, 0.1) is 5.92 Å². The summed E-state index contributed by atoms with van der Waals surface area (Å²) in [6.45, 7) is 8.67. The van der Waals surface area contributed by atoms with Crippen molar-refractivity contribution in [3.63, 3.8) is 0 Å². The molecule has 0 spiro atoms. The van der Waals surface area contributed by atoms with Crippen LogP contribution < -0.4 is 16.4 Å². The van der Waals surface area contributed by atoms with Crippen LogP contribution in [0.15, 0.2) is 60.7 Å². The number of nitrogens with two attached hydrogens (primary N) is 1. The van der Waals surface area contributed by atoms with E-state index in [1.165, 1.54) is 0 Å². The Morgan fingerprint density at radius 1 is 0.894 bits per heavy atom. The lowest BCUT2D eigenvalue weighted by Gasteiger charge is -2.32. The fraction of sp³-hybridized carbons (Fsp3) is 0.528. The molecule has 0 aromatic heterocycles. The van der Waals surface area contributed by atoms with Gasteiger partial charge in [-0.25, -0.2) is 4.79 Å².